The summed E-state index contributed by atoms with van der Waals surface area (Å²) in [6.07, 6.45) is 4.07. The number of hydrogen-bond acceptors (Lipinski definition) is 3. The number of aliphatic hydroxyl groups is 1. The summed E-state index contributed by atoms with van der Waals surface area (Å²) in [5.74, 6) is 0. The van der Waals surface area contributed by atoms with E-state index in [1.165, 1.54) is 0 Å². The first-order valence-electron chi connectivity index (χ1n) is 4.16. The van der Waals surface area contributed by atoms with E-state index in [9.17, 15) is 5.11 Å². The van der Waals surface area contributed by atoms with Crippen LogP contribution in [0.25, 0.3) is 0 Å². The van der Waals surface area contributed by atoms with Crippen molar-refractivity contribution in [3.63, 3.8) is 0 Å². The van der Waals surface area contributed by atoms with Crippen LogP contribution in [0.5, 0.6) is 0 Å². The van der Waals surface area contributed by atoms with Gasteiger partial charge in [-0.05, 0) is 19.9 Å². The van der Waals surface area contributed by atoms with Crippen molar-refractivity contribution in [3.05, 3.63) is 18.0 Å². The monoisotopic (exact) mass is 167 g/mol. The number of hydrogen-bond donors (Lipinski definition) is 3. The SMILES string of the molecule is CC1(c2cn[nH]c2)NCCC1O. The summed E-state index contributed by atoms with van der Waals surface area (Å²) in [4.78, 5) is 0. The number of aliphatic hydroxyl groups excluding tert-OH is 1. The second kappa shape index (κ2) is 2.57. The van der Waals surface area contributed by atoms with Gasteiger partial charge >= 0.3 is 0 Å². The third kappa shape index (κ3) is 0.956. The van der Waals surface area contributed by atoms with Crippen LogP contribution in [-0.4, -0.2) is 28.0 Å². The maximum Gasteiger partial charge on any atom is 0.0774 e. The molecule has 4 nitrogen and oxygen atoms in total. The van der Waals surface area contributed by atoms with Crippen LogP contribution in [0, 0.1) is 0 Å². The lowest BCUT2D eigenvalue weighted by Crippen LogP contribution is -2.41. The standard InChI is InChI=1S/C8H13N3O/c1-8(6-4-10-11-5-6)7(12)2-3-9-8/h4-5,7,9,12H,2-3H2,1H3,(H,10,11). The van der Waals surface area contributed by atoms with Crippen molar-refractivity contribution in [1.82, 2.24) is 15.5 Å². The van der Waals surface area contributed by atoms with Gasteiger partial charge in [0.15, 0.2) is 0 Å². The van der Waals surface area contributed by atoms with Gasteiger partial charge in [0.25, 0.3) is 0 Å². The van der Waals surface area contributed by atoms with Crippen LogP contribution in [-0.2, 0) is 5.54 Å². The molecule has 1 aromatic heterocycles. The molecule has 3 N–H and O–H groups in total. The lowest BCUT2D eigenvalue weighted by Gasteiger charge is -2.26. The zero-order valence-corrected chi connectivity index (χ0v) is 7.04. The Bertz CT molecular complexity index is 259. The smallest absolute Gasteiger partial charge is 0.0774 e. The highest BCUT2D eigenvalue weighted by molar-refractivity contribution is 5.20. The van der Waals surface area contributed by atoms with E-state index in [0.717, 1.165) is 18.5 Å². The first-order valence-corrected chi connectivity index (χ1v) is 4.16. The molecule has 2 rings (SSSR count). The molecule has 4 heteroatoms. The van der Waals surface area contributed by atoms with E-state index in [2.05, 4.69) is 15.5 Å². The highest BCUT2D eigenvalue weighted by Crippen LogP contribution is 2.29. The van der Waals surface area contributed by atoms with E-state index in [1.807, 2.05) is 13.1 Å². The molecule has 1 aliphatic heterocycles. The Morgan fingerprint density at radius 2 is 2.58 bits per heavy atom. The zero-order chi connectivity index (χ0) is 8.60. The summed E-state index contributed by atoms with van der Waals surface area (Å²) in [5, 5.41) is 19.6. The highest BCUT2D eigenvalue weighted by Gasteiger charge is 2.39. The molecule has 0 amide bonds. The summed E-state index contributed by atoms with van der Waals surface area (Å²) >= 11 is 0. The lowest BCUT2D eigenvalue weighted by molar-refractivity contribution is 0.107. The van der Waals surface area contributed by atoms with Crippen molar-refractivity contribution in [2.24, 2.45) is 0 Å². The van der Waals surface area contributed by atoms with Crippen molar-refractivity contribution in [2.75, 3.05) is 6.54 Å². The first-order chi connectivity index (χ1) is 5.73. The van der Waals surface area contributed by atoms with Crippen LogP contribution in [0.4, 0.5) is 0 Å². The molecule has 12 heavy (non-hydrogen) atoms. The fourth-order valence-electron chi connectivity index (χ4n) is 1.70. The largest absolute Gasteiger partial charge is 0.391 e. The lowest BCUT2D eigenvalue weighted by atomic mass is 9.91. The molecule has 0 saturated carbocycles. The number of nitrogens with zero attached hydrogens (tertiary/aromatic N) is 1. The van der Waals surface area contributed by atoms with Crippen molar-refractivity contribution in [2.45, 2.75) is 25.0 Å². The van der Waals surface area contributed by atoms with Crippen LogP contribution in [0.3, 0.4) is 0 Å². The molecule has 1 saturated heterocycles. The Morgan fingerprint density at radius 3 is 3.08 bits per heavy atom. The minimum absolute atomic E-state index is 0.310. The molecule has 0 aromatic carbocycles. The molecule has 0 spiro atoms. The van der Waals surface area contributed by atoms with Crippen LogP contribution in [0.2, 0.25) is 0 Å². The minimum atomic E-state index is -0.312. The molecule has 66 valence electrons. The van der Waals surface area contributed by atoms with Gasteiger partial charge in [0.2, 0.25) is 0 Å². The number of aromatic amines is 1. The quantitative estimate of drug-likeness (QED) is 0.551. The van der Waals surface area contributed by atoms with Gasteiger partial charge in [0.05, 0.1) is 17.8 Å². The molecule has 2 unspecified atom stereocenters. The molecule has 2 atom stereocenters. The Labute approximate surface area is 71.0 Å². The normalized spacial score (nSPS) is 35.7. The van der Waals surface area contributed by atoms with Gasteiger partial charge in [-0.1, -0.05) is 0 Å². The number of aromatic nitrogens is 2. The fraction of sp³-hybridized carbons (Fsp3) is 0.625. The van der Waals surface area contributed by atoms with E-state index in [4.69, 9.17) is 0 Å². The second-order valence-electron chi connectivity index (χ2n) is 3.42. The molecular formula is C8H13N3O. The molecule has 0 bridgehead atoms. The van der Waals surface area contributed by atoms with E-state index in [1.54, 1.807) is 6.20 Å². The third-order valence-corrected chi connectivity index (χ3v) is 2.67. The number of H-pyrrole nitrogens is 1. The molecule has 0 aliphatic carbocycles. The number of nitrogens with one attached hydrogen (secondary N) is 2. The van der Waals surface area contributed by atoms with Crippen molar-refractivity contribution < 1.29 is 5.11 Å². The van der Waals surface area contributed by atoms with Gasteiger partial charge in [-0.2, -0.15) is 5.10 Å². The molecule has 0 radical (unpaired) electrons. The first kappa shape index (κ1) is 7.76. The minimum Gasteiger partial charge on any atom is -0.391 e. The summed E-state index contributed by atoms with van der Waals surface area (Å²) in [6, 6.07) is 0. The third-order valence-electron chi connectivity index (χ3n) is 2.67. The van der Waals surface area contributed by atoms with Crippen LogP contribution < -0.4 is 5.32 Å². The zero-order valence-electron chi connectivity index (χ0n) is 7.04. The van der Waals surface area contributed by atoms with Crippen LogP contribution in [0.1, 0.15) is 18.9 Å². The summed E-state index contributed by atoms with van der Waals surface area (Å²) in [6.45, 7) is 2.86. The summed E-state index contributed by atoms with van der Waals surface area (Å²) in [7, 11) is 0. The van der Waals surface area contributed by atoms with Crippen LogP contribution in [0.15, 0.2) is 12.4 Å². The Morgan fingerprint density at radius 1 is 1.75 bits per heavy atom. The maximum atomic E-state index is 9.72. The Kier molecular flexibility index (Phi) is 1.66. The van der Waals surface area contributed by atoms with Crippen molar-refractivity contribution >= 4 is 0 Å². The molecule has 1 aliphatic rings. The average molecular weight is 167 g/mol. The Balaban J connectivity index is 2.32. The highest BCUT2D eigenvalue weighted by atomic mass is 16.3. The molecule has 1 fully saturated rings. The topological polar surface area (TPSA) is 60.9 Å². The van der Waals surface area contributed by atoms with Gasteiger partial charge < -0.3 is 10.4 Å². The summed E-state index contributed by atoms with van der Waals surface area (Å²) in [5.41, 5.74) is 0.708. The number of rotatable bonds is 1. The summed E-state index contributed by atoms with van der Waals surface area (Å²) < 4.78 is 0. The van der Waals surface area contributed by atoms with E-state index >= 15 is 0 Å². The Hall–Kier alpha value is -0.870. The molecule has 2 heterocycles. The fourth-order valence-corrected chi connectivity index (χ4v) is 1.70. The van der Waals surface area contributed by atoms with E-state index in [0.29, 0.717) is 0 Å². The maximum absolute atomic E-state index is 9.72. The predicted molar refractivity (Wildman–Crippen MR) is 44.6 cm³/mol. The van der Waals surface area contributed by atoms with Gasteiger partial charge in [-0.3, -0.25) is 5.10 Å². The van der Waals surface area contributed by atoms with Crippen molar-refractivity contribution in [1.29, 1.82) is 0 Å². The van der Waals surface area contributed by atoms with Gasteiger partial charge in [0, 0.05) is 11.8 Å². The van der Waals surface area contributed by atoms with E-state index in [-0.39, 0.29) is 11.6 Å². The van der Waals surface area contributed by atoms with Gasteiger partial charge in [-0.25, -0.2) is 0 Å². The van der Waals surface area contributed by atoms with Gasteiger partial charge in [-0.15, -0.1) is 0 Å². The van der Waals surface area contributed by atoms with Crippen LogP contribution >= 0.6 is 0 Å². The molecular weight excluding hydrogens is 154 g/mol. The molecule has 1 aromatic rings. The van der Waals surface area contributed by atoms with Crippen molar-refractivity contribution in [3.8, 4) is 0 Å². The second-order valence-corrected chi connectivity index (χ2v) is 3.42. The van der Waals surface area contributed by atoms with Gasteiger partial charge in [0.1, 0.15) is 0 Å². The average Bonchev–Trinajstić information content (AvgIpc) is 2.62. The van der Waals surface area contributed by atoms with E-state index < -0.39 is 0 Å². The predicted octanol–water partition coefficient (Wildman–Crippen LogP) is -0.0209.